The first kappa shape index (κ1) is 12.6. The number of likely N-dealkylation sites (N-methyl/N-ethyl adjacent to an activating group) is 1. The summed E-state index contributed by atoms with van der Waals surface area (Å²) in [5.41, 5.74) is 2.86. The second-order valence-corrected chi connectivity index (χ2v) is 5.21. The van der Waals surface area contributed by atoms with Gasteiger partial charge in [0.25, 0.3) is 0 Å². The van der Waals surface area contributed by atoms with Crippen LogP contribution in [0.5, 0.6) is 0 Å². The molecule has 1 aliphatic rings. The van der Waals surface area contributed by atoms with Crippen molar-refractivity contribution in [1.82, 2.24) is 10.2 Å². The van der Waals surface area contributed by atoms with E-state index in [0.29, 0.717) is 12.1 Å². The highest BCUT2D eigenvalue weighted by molar-refractivity contribution is 5.26. The first-order valence-corrected chi connectivity index (χ1v) is 6.71. The van der Waals surface area contributed by atoms with Crippen molar-refractivity contribution in [2.75, 3.05) is 20.6 Å². The average Bonchev–Trinajstić information content (AvgIpc) is 2.83. The number of benzene rings is 1. The minimum absolute atomic E-state index is 0.503. The lowest BCUT2D eigenvalue weighted by atomic mass is 9.96. The van der Waals surface area contributed by atoms with Gasteiger partial charge in [0.1, 0.15) is 0 Å². The quantitative estimate of drug-likeness (QED) is 0.858. The zero-order chi connectivity index (χ0) is 12.3. The van der Waals surface area contributed by atoms with Crippen LogP contribution in [0.1, 0.15) is 36.9 Å². The Bertz CT molecular complexity index is 336. The molecule has 0 bridgehead atoms. The van der Waals surface area contributed by atoms with E-state index < -0.39 is 0 Å². The summed E-state index contributed by atoms with van der Waals surface area (Å²) in [4.78, 5) is 2.34. The van der Waals surface area contributed by atoms with Crippen LogP contribution in [0.3, 0.4) is 0 Å². The third kappa shape index (κ3) is 2.88. The van der Waals surface area contributed by atoms with Gasteiger partial charge in [-0.1, -0.05) is 31.2 Å². The third-order valence-corrected chi connectivity index (χ3v) is 3.77. The molecule has 1 aromatic rings. The van der Waals surface area contributed by atoms with Gasteiger partial charge in [0.15, 0.2) is 0 Å². The summed E-state index contributed by atoms with van der Waals surface area (Å²) >= 11 is 0. The fourth-order valence-electron chi connectivity index (χ4n) is 2.82. The van der Waals surface area contributed by atoms with Crippen LogP contribution in [0, 0.1) is 0 Å². The van der Waals surface area contributed by atoms with Crippen LogP contribution in [0.4, 0.5) is 0 Å². The van der Waals surface area contributed by atoms with Crippen molar-refractivity contribution in [1.29, 1.82) is 0 Å². The molecule has 94 valence electrons. The van der Waals surface area contributed by atoms with Gasteiger partial charge in [-0.2, -0.15) is 0 Å². The van der Waals surface area contributed by atoms with Crippen LogP contribution in [0.15, 0.2) is 24.3 Å². The van der Waals surface area contributed by atoms with Crippen molar-refractivity contribution in [3.8, 4) is 0 Å². The Morgan fingerprint density at radius 3 is 2.47 bits per heavy atom. The van der Waals surface area contributed by atoms with Crippen LogP contribution >= 0.6 is 0 Å². The van der Waals surface area contributed by atoms with E-state index in [1.165, 1.54) is 30.5 Å². The normalized spacial score (nSPS) is 22.0. The molecule has 1 fully saturated rings. The number of hydrogen-bond acceptors (Lipinski definition) is 2. The van der Waals surface area contributed by atoms with E-state index in [0.717, 1.165) is 6.42 Å². The summed E-state index contributed by atoms with van der Waals surface area (Å²) in [6, 6.07) is 10.2. The Labute approximate surface area is 105 Å². The largest absolute Gasteiger partial charge is 0.312 e. The summed E-state index contributed by atoms with van der Waals surface area (Å²) in [5.74, 6) is 0. The molecule has 2 atom stereocenters. The lowest BCUT2D eigenvalue weighted by Gasteiger charge is -2.30. The van der Waals surface area contributed by atoms with E-state index in [9.17, 15) is 0 Å². The Kier molecular flexibility index (Phi) is 4.19. The molecule has 0 amide bonds. The monoisotopic (exact) mass is 232 g/mol. The molecule has 0 radical (unpaired) electrons. The Morgan fingerprint density at radius 2 is 2.00 bits per heavy atom. The molecule has 0 aromatic heterocycles. The molecule has 2 unspecified atom stereocenters. The minimum Gasteiger partial charge on any atom is -0.312 e. The maximum absolute atomic E-state index is 3.62. The first-order valence-electron chi connectivity index (χ1n) is 6.71. The Morgan fingerprint density at radius 1 is 1.29 bits per heavy atom. The van der Waals surface area contributed by atoms with E-state index in [2.05, 4.69) is 55.5 Å². The molecule has 1 aliphatic heterocycles. The second-order valence-electron chi connectivity index (χ2n) is 5.21. The van der Waals surface area contributed by atoms with Crippen molar-refractivity contribution in [2.24, 2.45) is 0 Å². The number of nitrogens with zero attached hydrogens (tertiary/aromatic N) is 1. The predicted molar refractivity (Wildman–Crippen MR) is 73.3 cm³/mol. The summed E-state index contributed by atoms with van der Waals surface area (Å²) in [6.07, 6.45) is 3.72. The van der Waals surface area contributed by atoms with Gasteiger partial charge >= 0.3 is 0 Å². The molecule has 1 heterocycles. The van der Waals surface area contributed by atoms with Gasteiger partial charge in [-0.05, 0) is 51.0 Å². The molecule has 2 rings (SSSR count). The zero-order valence-corrected chi connectivity index (χ0v) is 11.2. The fraction of sp³-hybridized carbons (Fsp3) is 0.600. The van der Waals surface area contributed by atoms with Crippen molar-refractivity contribution in [3.63, 3.8) is 0 Å². The molecule has 17 heavy (non-hydrogen) atoms. The van der Waals surface area contributed by atoms with E-state index >= 15 is 0 Å². The van der Waals surface area contributed by atoms with Gasteiger partial charge < -0.3 is 10.2 Å². The summed E-state index contributed by atoms with van der Waals surface area (Å²) in [7, 11) is 4.36. The van der Waals surface area contributed by atoms with Gasteiger partial charge in [0.05, 0.1) is 0 Å². The van der Waals surface area contributed by atoms with Crippen LogP contribution in [0.25, 0.3) is 0 Å². The number of rotatable bonds is 4. The topological polar surface area (TPSA) is 15.3 Å². The van der Waals surface area contributed by atoms with Gasteiger partial charge in [-0.25, -0.2) is 0 Å². The molecule has 0 aliphatic carbocycles. The molecule has 1 saturated heterocycles. The highest BCUT2D eigenvalue weighted by Gasteiger charge is 2.27. The third-order valence-electron chi connectivity index (χ3n) is 3.77. The smallest absolute Gasteiger partial charge is 0.0495 e. The van der Waals surface area contributed by atoms with Crippen LogP contribution in [-0.4, -0.2) is 31.6 Å². The van der Waals surface area contributed by atoms with Crippen molar-refractivity contribution in [2.45, 2.75) is 38.3 Å². The molecular weight excluding hydrogens is 208 g/mol. The Balaban J connectivity index is 2.19. The summed E-state index contributed by atoms with van der Waals surface area (Å²) < 4.78 is 0. The van der Waals surface area contributed by atoms with E-state index in [4.69, 9.17) is 0 Å². The van der Waals surface area contributed by atoms with Crippen molar-refractivity contribution >= 4 is 0 Å². The van der Waals surface area contributed by atoms with Gasteiger partial charge in [-0.15, -0.1) is 0 Å². The van der Waals surface area contributed by atoms with E-state index in [1.54, 1.807) is 0 Å². The van der Waals surface area contributed by atoms with Crippen LogP contribution in [-0.2, 0) is 6.42 Å². The minimum atomic E-state index is 0.503. The standard InChI is InChI=1S/C15H24N2/c1-4-12-7-9-13(10-8-12)15(17(2)3)14-6-5-11-16-14/h7-10,14-16H,4-6,11H2,1-3H3. The van der Waals surface area contributed by atoms with Crippen molar-refractivity contribution in [3.05, 3.63) is 35.4 Å². The first-order chi connectivity index (χ1) is 8.22. The maximum atomic E-state index is 3.62. The SMILES string of the molecule is CCc1ccc(C(C2CCCN2)N(C)C)cc1. The summed E-state index contributed by atoms with van der Waals surface area (Å²) in [6.45, 7) is 3.37. The molecule has 1 N–H and O–H groups in total. The fourth-order valence-corrected chi connectivity index (χ4v) is 2.82. The molecule has 1 aromatic carbocycles. The second kappa shape index (κ2) is 5.65. The molecule has 0 saturated carbocycles. The lowest BCUT2D eigenvalue weighted by Crippen LogP contribution is -2.37. The van der Waals surface area contributed by atoms with Crippen LogP contribution < -0.4 is 5.32 Å². The maximum Gasteiger partial charge on any atom is 0.0495 e. The van der Waals surface area contributed by atoms with Gasteiger partial charge in [0, 0.05) is 12.1 Å². The molecule has 2 nitrogen and oxygen atoms in total. The molecule has 2 heteroatoms. The highest BCUT2D eigenvalue weighted by atomic mass is 15.1. The lowest BCUT2D eigenvalue weighted by molar-refractivity contribution is 0.244. The predicted octanol–water partition coefficient (Wildman–Crippen LogP) is 2.60. The van der Waals surface area contributed by atoms with E-state index in [1.807, 2.05) is 0 Å². The molecule has 0 spiro atoms. The molecular formula is C15H24N2. The van der Waals surface area contributed by atoms with E-state index in [-0.39, 0.29) is 0 Å². The highest BCUT2D eigenvalue weighted by Crippen LogP contribution is 2.27. The van der Waals surface area contributed by atoms with Gasteiger partial charge in [-0.3, -0.25) is 0 Å². The zero-order valence-electron chi connectivity index (χ0n) is 11.2. The van der Waals surface area contributed by atoms with Gasteiger partial charge in [0.2, 0.25) is 0 Å². The number of hydrogen-bond donors (Lipinski definition) is 1. The summed E-state index contributed by atoms with van der Waals surface area (Å²) in [5, 5.41) is 3.62. The Hall–Kier alpha value is -0.860. The number of nitrogens with one attached hydrogen (secondary N) is 1. The average molecular weight is 232 g/mol. The van der Waals surface area contributed by atoms with Crippen LogP contribution in [0.2, 0.25) is 0 Å². The van der Waals surface area contributed by atoms with Crippen molar-refractivity contribution < 1.29 is 0 Å². The number of aryl methyl sites for hydroxylation is 1.